The van der Waals surface area contributed by atoms with Crippen molar-refractivity contribution in [3.05, 3.63) is 34.9 Å². The maximum absolute atomic E-state index is 11.8. The standard InChI is InChI=1S/C15H19ClN2O4/c1-9(2)13(15(21)22)18-12(19)7-8-17-14(20)10-3-5-11(16)6-4-10/h3-6,9,13H,7-8H2,1-2H3,(H,17,20)(H,18,19)(H,21,22). The number of hydrogen-bond acceptors (Lipinski definition) is 3. The van der Waals surface area contributed by atoms with Gasteiger partial charge < -0.3 is 15.7 Å². The number of rotatable bonds is 7. The van der Waals surface area contributed by atoms with Crippen LogP contribution in [0.3, 0.4) is 0 Å². The van der Waals surface area contributed by atoms with Crippen molar-refractivity contribution in [2.24, 2.45) is 5.92 Å². The number of aliphatic carboxylic acids is 1. The Labute approximate surface area is 133 Å². The molecule has 0 heterocycles. The summed E-state index contributed by atoms with van der Waals surface area (Å²) in [5.41, 5.74) is 0.440. The van der Waals surface area contributed by atoms with Crippen LogP contribution in [0.4, 0.5) is 0 Å². The van der Waals surface area contributed by atoms with Crippen LogP contribution in [0.5, 0.6) is 0 Å². The first-order chi connectivity index (χ1) is 10.3. The van der Waals surface area contributed by atoms with E-state index in [1.807, 2.05) is 0 Å². The fraction of sp³-hybridized carbons (Fsp3) is 0.400. The average Bonchev–Trinajstić information content (AvgIpc) is 2.44. The molecule has 22 heavy (non-hydrogen) atoms. The highest BCUT2D eigenvalue weighted by Crippen LogP contribution is 2.09. The molecule has 0 aliphatic rings. The average molecular weight is 327 g/mol. The normalized spacial score (nSPS) is 11.8. The molecule has 0 saturated carbocycles. The Morgan fingerprint density at radius 3 is 2.27 bits per heavy atom. The molecule has 0 aliphatic carbocycles. The molecule has 1 aromatic rings. The summed E-state index contributed by atoms with van der Waals surface area (Å²) in [4.78, 5) is 34.5. The first-order valence-corrected chi connectivity index (χ1v) is 7.25. The lowest BCUT2D eigenvalue weighted by Gasteiger charge is -2.17. The lowest BCUT2D eigenvalue weighted by molar-refractivity contribution is -0.143. The van der Waals surface area contributed by atoms with Crippen LogP contribution in [0, 0.1) is 5.92 Å². The second-order valence-electron chi connectivity index (χ2n) is 5.14. The van der Waals surface area contributed by atoms with Crippen molar-refractivity contribution in [3.63, 3.8) is 0 Å². The first kappa shape index (κ1) is 18.0. The third kappa shape index (κ3) is 5.73. The summed E-state index contributed by atoms with van der Waals surface area (Å²) < 4.78 is 0. The molecule has 0 aliphatic heterocycles. The van der Waals surface area contributed by atoms with Gasteiger partial charge in [0.15, 0.2) is 0 Å². The lowest BCUT2D eigenvalue weighted by atomic mass is 10.0. The minimum Gasteiger partial charge on any atom is -0.480 e. The van der Waals surface area contributed by atoms with E-state index in [9.17, 15) is 14.4 Å². The zero-order valence-electron chi connectivity index (χ0n) is 12.4. The maximum Gasteiger partial charge on any atom is 0.326 e. The molecule has 1 atom stereocenters. The van der Waals surface area contributed by atoms with Gasteiger partial charge in [-0.3, -0.25) is 9.59 Å². The Kier molecular flexibility index (Phi) is 6.85. The van der Waals surface area contributed by atoms with Crippen molar-refractivity contribution >= 4 is 29.4 Å². The zero-order chi connectivity index (χ0) is 16.7. The van der Waals surface area contributed by atoms with Crippen LogP contribution in [0.15, 0.2) is 24.3 Å². The zero-order valence-corrected chi connectivity index (χ0v) is 13.2. The van der Waals surface area contributed by atoms with Gasteiger partial charge in [0, 0.05) is 23.6 Å². The van der Waals surface area contributed by atoms with E-state index in [4.69, 9.17) is 16.7 Å². The van der Waals surface area contributed by atoms with Gasteiger partial charge in [0.05, 0.1) is 0 Å². The second-order valence-corrected chi connectivity index (χ2v) is 5.58. The topological polar surface area (TPSA) is 95.5 Å². The van der Waals surface area contributed by atoms with Crippen molar-refractivity contribution in [2.75, 3.05) is 6.54 Å². The van der Waals surface area contributed by atoms with E-state index in [0.717, 1.165) is 0 Å². The number of hydrogen-bond donors (Lipinski definition) is 3. The molecule has 6 nitrogen and oxygen atoms in total. The van der Waals surface area contributed by atoms with Crippen molar-refractivity contribution in [2.45, 2.75) is 26.3 Å². The Morgan fingerprint density at radius 2 is 1.77 bits per heavy atom. The smallest absolute Gasteiger partial charge is 0.326 e. The van der Waals surface area contributed by atoms with E-state index in [0.29, 0.717) is 10.6 Å². The quantitative estimate of drug-likeness (QED) is 0.710. The molecule has 0 bridgehead atoms. The molecular formula is C15H19ClN2O4. The van der Waals surface area contributed by atoms with Gasteiger partial charge in [0.1, 0.15) is 6.04 Å². The number of amides is 2. The van der Waals surface area contributed by atoms with E-state index in [1.165, 1.54) is 0 Å². The number of carboxylic acid groups (broad SMARTS) is 1. The molecule has 120 valence electrons. The minimum atomic E-state index is -1.08. The summed E-state index contributed by atoms with van der Waals surface area (Å²) in [6, 6.07) is 5.43. The highest BCUT2D eigenvalue weighted by Gasteiger charge is 2.23. The van der Waals surface area contributed by atoms with Gasteiger partial charge in [0.25, 0.3) is 5.91 Å². The van der Waals surface area contributed by atoms with Gasteiger partial charge in [-0.1, -0.05) is 25.4 Å². The van der Waals surface area contributed by atoms with Crippen molar-refractivity contribution in [1.82, 2.24) is 10.6 Å². The van der Waals surface area contributed by atoms with Crippen LogP contribution in [0.1, 0.15) is 30.6 Å². The number of carboxylic acids is 1. The molecule has 0 saturated heterocycles. The highest BCUT2D eigenvalue weighted by atomic mass is 35.5. The summed E-state index contributed by atoms with van der Waals surface area (Å²) in [6.45, 7) is 3.54. The third-order valence-corrected chi connectivity index (χ3v) is 3.25. The van der Waals surface area contributed by atoms with Crippen molar-refractivity contribution in [3.8, 4) is 0 Å². The van der Waals surface area contributed by atoms with Crippen LogP contribution in [0.2, 0.25) is 5.02 Å². The number of benzene rings is 1. The SMILES string of the molecule is CC(C)C(NC(=O)CCNC(=O)c1ccc(Cl)cc1)C(=O)O. The monoisotopic (exact) mass is 326 g/mol. The molecule has 0 fully saturated rings. The highest BCUT2D eigenvalue weighted by molar-refractivity contribution is 6.30. The first-order valence-electron chi connectivity index (χ1n) is 6.87. The summed E-state index contributed by atoms with van der Waals surface area (Å²) >= 11 is 5.73. The molecule has 3 N–H and O–H groups in total. The summed E-state index contributed by atoms with van der Waals surface area (Å²) in [7, 11) is 0. The fourth-order valence-corrected chi connectivity index (χ4v) is 1.88. The molecule has 1 aromatic carbocycles. The van der Waals surface area contributed by atoms with Gasteiger partial charge in [-0.25, -0.2) is 4.79 Å². The number of carbonyl (C=O) groups excluding carboxylic acids is 2. The Balaban J connectivity index is 2.40. The van der Waals surface area contributed by atoms with Crippen LogP contribution >= 0.6 is 11.6 Å². The van der Waals surface area contributed by atoms with Gasteiger partial charge in [0.2, 0.25) is 5.91 Å². The van der Waals surface area contributed by atoms with Crippen LogP contribution in [-0.2, 0) is 9.59 Å². The second kappa shape index (κ2) is 8.38. The van der Waals surface area contributed by atoms with Crippen LogP contribution in [0.25, 0.3) is 0 Å². The summed E-state index contributed by atoms with van der Waals surface area (Å²) in [5.74, 6) is -2.03. The largest absolute Gasteiger partial charge is 0.480 e. The molecule has 7 heteroatoms. The molecule has 2 amide bonds. The third-order valence-electron chi connectivity index (χ3n) is 2.99. The lowest BCUT2D eigenvalue weighted by Crippen LogP contribution is -2.45. The van der Waals surface area contributed by atoms with Gasteiger partial charge in [-0.05, 0) is 30.2 Å². The van der Waals surface area contributed by atoms with E-state index < -0.39 is 17.9 Å². The number of halogens is 1. The Bertz CT molecular complexity index is 543. The van der Waals surface area contributed by atoms with Gasteiger partial charge >= 0.3 is 5.97 Å². The molecular weight excluding hydrogens is 308 g/mol. The molecule has 0 spiro atoms. The molecule has 0 aromatic heterocycles. The van der Waals surface area contributed by atoms with E-state index in [1.54, 1.807) is 38.1 Å². The summed E-state index contributed by atoms with van der Waals surface area (Å²) in [6.07, 6.45) is 0.00975. The molecule has 1 rings (SSSR count). The Hall–Kier alpha value is -2.08. The number of nitrogens with one attached hydrogen (secondary N) is 2. The van der Waals surface area contributed by atoms with Crippen molar-refractivity contribution < 1.29 is 19.5 Å². The van der Waals surface area contributed by atoms with Gasteiger partial charge in [-0.15, -0.1) is 0 Å². The van der Waals surface area contributed by atoms with E-state index in [2.05, 4.69) is 10.6 Å². The number of carbonyl (C=O) groups is 3. The Morgan fingerprint density at radius 1 is 1.18 bits per heavy atom. The van der Waals surface area contributed by atoms with Gasteiger partial charge in [-0.2, -0.15) is 0 Å². The van der Waals surface area contributed by atoms with Crippen LogP contribution < -0.4 is 10.6 Å². The van der Waals surface area contributed by atoms with Crippen molar-refractivity contribution in [1.29, 1.82) is 0 Å². The predicted octanol–water partition coefficient (Wildman–Crippen LogP) is 1.69. The maximum atomic E-state index is 11.8. The molecule has 0 radical (unpaired) electrons. The predicted molar refractivity (Wildman–Crippen MR) is 82.8 cm³/mol. The fourth-order valence-electron chi connectivity index (χ4n) is 1.75. The summed E-state index contributed by atoms with van der Waals surface area (Å²) in [5, 5.41) is 14.5. The van der Waals surface area contributed by atoms with E-state index in [-0.39, 0.29) is 24.8 Å². The van der Waals surface area contributed by atoms with E-state index >= 15 is 0 Å². The molecule has 1 unspecified atom stereocenters. The van der Waals surface area contributed by atoms with Crippen LogP contribution in [-0.4, -0.2) is 35.5 Å². The minimum absolute atomic E-state index is 0.00975.